The van der Waals surface area contributed by atoms with Gasteiger partial charge in [-0.15, -0.1) is 0 Å². The summed E-state index contributed by atoms with van der Waals surface area (Å²) in [6.07, 6.45) is 2.05. The third-order valence-electron chi connectivity index (χ3n) is 4.33. The molecular formula is C13H26N4O. The summed E-state index contributed by atoms with van der Waals surface area (Å²) in [5.74, 6) is -0.0710. The summed E-state index contributed by atoms with van der Waals surface area (Å²) >= 11 is 0. The van der Waals surface area contributed by atoms with Crippen LogP contribution in [0.1, 0.15) is 19.8 Å². The molecule has 5 heteroatoms. The molecule has 2 aliphatic rings. The molecule has 104 valence electrons. The number of nitrogens with zero attached hydrogens (tertiary/aromatic N) is 2. The van der Waals surface area contributed by atoms with Crippen molar-refractivity contribution in [3.63, 3.8) is 0 Å². The van der Waals surface area contributed by atoms with Gasteiger partial charge in [0, 0.05) is 51.9 Å². The van der Waals surface area contributed by atoms with Crippen LogP contribution in [0.3, 0.4) is 0 Å². The largest absolute Gasteiger partial charge is 0.369 e. The predicted molar refractivity (Wildman–Crippen MR) is 72.3 cm³/mol. The summed E-state index contributed by atoms with van der Waals surface area (Å²) in [5.41, 5.74) is 5.43. The number of carbonyl (C=O) groups is 1. The number of hydrogen-bond acceptors (Lipinski definition) is 4. The number of nitrogens with one attached hydrogen (secondary N) is 1. The highest BCUT2D eigenvalue weighted by Crippen LogP contribution is 2.21. The van der Waals surface area contributed by atoms with Gasteiger partial charge in [-0.05, 0) is 19.8 Å². The first-order chi connectivity index (χ1) is 8.66. The minimum absolute atomic E-state index is 0.0595. The molecule has 0 radical (unpaired) electrons. The highest BCUT2D eigenvalue weighted by atomic mass is 16.1. The number of hydrogen-bond donors (Lipinski definition) is 2. The zero-order chi connectivity index (χ0) is 13.0. The van der Waals surface area contributed by atoms with E-state index in [2.05, 4.69) is 22.0 Å². The minimum Gasteiger partial charge on any atom is -0.369 e. The van der Waals surface area contributed by atoms with Crippen LogP contribution in [0.4, 0.5) is 0 Å². The Hall–Kier alpha value is -0.650. The maximum absolute atomic E-state index is 11.3. The van der Waals surface area contributed by atoms with E-state index >= 15 is 0 Å². The van der Waals surface area contributed by atoms with Crippen LogP contribution >= 0.6 is 0 Å². The topological polar surface area (TPSA) is 61.6 Å². The Bertz CT molecular complexity index is 278. The number of primary amides is 1. The van der Waals surface area contributed by atoms with Crippen molar-refractivity contribution in [2.45, 2.75) is 25.8 Å². The Morgan fingerprint density at radius 1 is 1.28 bits per heavy atom. The molecule has 18 heavy (non-hydrogen) atoms. The van der Waals surface area contributed by atoms with Crippen LogP contribution < -0.4 is 11.1 Å². The molecule has 5 nitrogen and oxygen atoms in total. The molecule has 2 fully saturated rings. The summed E-state index contributed by atoms with van der Waals surface area (Å²) < 4.78 is 0. The molecule has 0 spiro atoms. The lowest BCUT2D eigenvalue weighted by atomic mass is 9.93. The summed E-state index contributed by atoms with van der Waals surface area (Å²) in [7, 11) is 0. The zero-order valence-corrected chi connectivity index (χ0v) is 11.4. The Morgan fingerprint density at radius 3 is 2.67 bits per heavy atom. The maximum atomic E-state index is 11.3. The third kappa shape index (κ3) is 3.67. The van der Waals surface area contributed by atoms with Crippen LogP contribution in [-0.4, -0.2) is 67.6 Å². The SMILES string of the molecule is CC1CCC(C(N)=O)CN1CCN1CCNCC1. The van der Waals surface area contributed by atoms with Crippen LogP contribution in [0, 0.1) is 5.92 Å². The molecular weight excluding hydrogens is 228 g/mol. The molecule has 2 saturated heterocycles. The molecule has 2 rings (SSSR count). The standard InChI is InChI=1S/C13H26N4O/c1-11-2-3-12(13(14)18)10-17(11)9-8-16-6-4-15-5-7-16/h11-12,15H,2-10H2,1H3,(H2,14,18). The fourth-order valence-electron chi connectivity index (χ4n) is 2.93. The highest BCUT2D eigenvalue weighted by Gasteiger charge is 2.28. The second-order valence-electron chi connectivity index (χ2n) is 5.61. The Morgan fingerprint density at radius 2 is 2.00 bits per heavy atom. The van der Waals surface area contributed by atoms with E-state index < -0.39 is 0 Å². The van der Waals surface area contributed by atoms with Crippen molar-refractivity contribution in [3.05, 3.63) is 0 Å². The number of likely N-dealkylation sites (tertiary alicyclic amines) is 1. The molecule has 2 heterocycles. The minimum atomic E-state index is -0.130. The van der Waals surface area contributed by atoms with Crippen molar-refractivity contribution >= 4 is 5.91 Å². The number of piperidine rings is 1. The maximum Gasteiger partial charge on any atom is 0.221 e. The number of amides is 1. The fraction of sp³-hybridized carbons (Fsp3) is 0.923. The molecule has 0 aromatic heterocycles. The van der Waals surface area contributed by atoms with Gasteiger partial charge in [0.05, 0.1) is 5.92 Å². The molecule has 0 saturated carbocycles. The monoisotopic (exact) mass is 254 g/mol. The van der Waals surface area contributed by atoms with E-state index in [-0.39, 0.29) is 11.8 Å². The van der Waals surface area contributed by atoms with E-state index in [1.807, 2.05) is 0 Å². The van der Waals surface area contributed by atoms with Crippen molar-refractivity contribution in [3.8, 4) is 0 Å². The van der Waals surface area contributed by atoms with Gasteiger partial charge in [0.25, 0.3) is 0 Å². The quantitative estimate of drug-likeness (QED) is 0.708. The highest BCUT2D eigenvalue weighted by molar-refractivity contribution is 5.76. The average Bonchev–Trinajstić information content (AvgIpc) is 2.38. The lowest BCUT2D eigenvalue weighted by molar-refractivity contribution is -0.124. The molecule has 0 aromatic carbocycles. The number of carbonyl (C=O) groups excluding carboxylic acids is 1. The van der Waals surface area contributed by atoms with E-state index in [9.17, 15) is 4.79 Å². The van der Waals surface area contributed by atoms with Crippen molar-refractivity contribution in [2.75, 3.05) is 45.8 Å². The lowest BCUT2D eigenvalue weighted by Gasteiger charge is -2.38. The predicted octanol–water partition coefficient (Wildman–Crippen LogP) is -0.523. The van der Waals surface area contributed by atoms with Gasteiger partial charge in [0.15, 0.2) is 0 Å². The molecule has 1 amide bonds. The Balaban J connectivity index is 1.77. The second-order valence-corrected chi connectivity index (χ2v) is 5.61. The number of rotatable bonds is 4. The van der Waals surface area contributed by atoms with Crippen LogP contribution in [-0.2, 0) is 4.79 Å². The van der Waals surface area contributed by atoms with Crippen molar-refractivity contribution < 1.29 is 4.79 Å². The molecule has 2 atom stereocenters. The molecule has 2 unspecified atom stereocenters. The summed E-state index contributed by atoms with van der Waals surface area (Å²) in [6.45, 7) is 9.75. The first-order valence-electron chi connectivity index (χ1n) is 7.13. The van der Waals surface area contributed by atoms with E-state index in [0.29, 0.717) is 6.04 Å². The van der Waals surface area contributed by atoms with E-state index in [0.717, 1.165) is 58.7 Å². The van der Waals surface area contributed by atoms with Crippen LogP contribution in [0.25, 0.3) is 0 Å². The fourth-order valence-corrected chi connectivity index (χ4v) is 2.93. The smallest absolute Gasteiger partial charge is 0.221 e. The van der Waals surface area contributed by atoms with E-state index in [1.54, 1.807) is 0 Å². The van der Waals surface area contributed by atoms with E-state index in [4.69, 9.17) is 5.73 Å². The second kappa shape index (κ2) is 6.50. The van der Waals surface area contributed by atoms with Gasteiger partial charge in [-0.3, -0.25) is 14.6 Å². The van der Waals surface area contributed by atoms with Gasteiger partial charge in [0.1, 0.15) is 0 Å². The molecule has 0 bridgehead atoms. The van der Waals surface area contributed by atoms with Gasteiger partial charge in [-0.1, -0.05) is 0 Å². The van der Waals surface area contributed by atoms with Gasteiger partial charge in [-0.2, -0.15) is 0 Å². The van der Waals surface area contributed by atoms with Crippen LogP contribution in [0.5, 0.6) is 0 Å². The summed E-state index contributed by atoms with van der Waals surface area (Å²) in [4.78, 5) is 16.2. The van der Waals surface area contributed by atoms with E-state index in [1.165, 1.54) is 0 Å². The van der Waals surface area contributed by atoms with Crippen molar-refractivity contribution in [2.24, 2.45) is 11.7 Å². The van der Waals surface area contributed by atoms with Crippen molar-refractivity contribution in [1.82, 2.24) is 15.1 Å². The first-order valence-corrected chi connectivity index (χ1v) is 7.13. The molecule has 3 N–H and O–H groups in total. The Labute approximate surface area is 110 Å². The third-order valence-corrected chi connectivity index (χ3v) is 4.33. The molecule has 2 aliphatic heterocycles. The van der Waals surface area contributed by atoms with Crippen LogP contribution in [0.2, 0.25) is 0 Å². The molecule has 0 aliphatic carbocycles. The van der Waals surface area contributed by atoms with Gasteiger partial charge in [0.2, 0.25) is 5.91 Å². The van der Waals surface area contributed by atoms with Crippen molar-refractivity contribution in [1.29, 1.82) is 0 Å². The normalized spacial score (nSPS) is 31.4. The average molecular weight is 254 g/mol. The summed E-state index contributed by atoms with van der Waals surface area (Å²) in [6, 6.07) is 0.587. The van der Waals surface area contributed by atoms with Crippen LogP contribution in [0.15, 0.2) is 0 Å². The molecule has 0 aromatic rings. The van der Waals surface area contributed by atoms with Gasteiger partial charge >= 0.3 is 0 Å². The lowest BCUT2D eigenvalue weighted by Crippen LogP contribution is -2.50. The van der Waals surface area contributed by atoms with Gasteiger partial charge < -0.3 is 11.1 Å². The van der Waals surface area contributed by atoms with Gasteiger partial charge in [-0.25, -0.2) is 0 Å². The Kier molecular flexibility index (Phi) is 4.97. The number of piperazine rings is 1. The zero-order valence-electron chi connectivity index (χ0n) is 11.4. The number of nitrogens with two attached hydrogens (primary N) is 1. The summed E-state index contributed by atoms with van der Waals surface area (Å²) in [5, 5.41) is 3.37. The first kappa shape index (κ1) is 13.8.